The molecule has 0 saturated carbocycles. The van der Waals surface area contributed by atoms with Crippen molar-refractivity contribution in [3.8, 4) is 0 Å². The van der Waals surface area contributed by atoms with Crippen LogP contribution in [0.2, 0.25) is 0 Å². The first kappa shape index (κ1) is 11.2. The van der Waals surface area contributed by atoms with Gasteiger partial charge in [0.2, 0.25) is 0 Å². The van der Waals surface area contributed by atoms with Gasteiger partial charge in [0.15, 0.2) is 0 Å². The molecule has 0 fully saturated rings. The largest absolute Gasteiger partial charge is 0.304 e. The lowest BCUT2D eigenvalue weighted by Crippen LogP contribution is -2.06. The van der Waals surface area contributed by atoms with E-state index >= 15 is 0 Å². The van der Waals surface area contributed by atoms with Gasteiger partial charge in [-0.25, -0.2) is 4.21 Å². The minimum Gasteiger partial charge on any atom is -0.304 e. The number of halogens is 2. The summed E-state index contributed by atoms with van der Waals surface area (Å²) in [5.41, 5.74) is 0.842. The maximum atomic E-state index is 11.2. The molecule has 1 unspecified atom stereocenters. The van der Waals surface area contributed by atoms with Gasteiger partial charge < -0.3 is 4.72 Å². The van der Waals surface area contributed by atoms with Crippen molar-refractivity contribution in [2.24, 2.45) is 0 Å². The molecule has 13 heavy (non-hydrogen) atoms. The van der Waals surface area contributed by atoms with Gasteiger partial charge in [-0.1, -0.05) is 22.9 Å². The molecule has 0 aromatic heterocycles. The van der Waals surface area contributed by atoms with Gasteiger partial charge in [0, 0.05) is 14.7 Å². The van der Waals surface area contributed by atoms with Gasteiger partial charge in [0.25, 0.3) is 0 Å². The lowest BCUT2D eigenvalue weighted by molar-refractivity contribution is 0.687. The van der Waals surface area contributed by atoms with Crippen molar-refractivity contribution in [2.75, 3.05) is 10.5 Å². The number of benzene rings is 1. The molecule has 1 aromatic carbocycles. The first-order valence-electron chi connectivity index (χ1n) is 3.73. The van der Waals surface area contributed by atoms with E-state index in [2.05, 4.69) is 36.6 Å². The summed E-state index contributed by atoms with van der Waals surface area (Å²) < 4.78 is 16.0. The number of anilines is 1. The average Bonchev–Trinajstić information content (AvgIpc) is 2.11. The molecule has 0 spiro atoms. The number of rotatable bonds is 3. The monoisotopic (exact) mass is 325 g/mol. The standard InChI is InChI=1S/C8H9Br2NOS/c1-2-13(12)11-8-5-6(9)3-4-7(8)10/h3-5,11H,2H2,1H3. The molecule has 2 nitrogen and oxygen atoms in total. The van der Waals surface area contributed by atoms with Gasteiger partial charge in [-0.3, -0.25) is 0 Å². The maximum Gasteiger partial charge on any atom is 0.116 e. The van der Waals surface area contributed by atoms with Crippen molar-refractivity contribution in [3.05, 3.63) is 27.1 Å². The fraction of sp³-hybridized carbons (Fsp3) is 0.250. The van der Waals surface area contributed by atoms with Gasteiger partial charge in [-0.05, 0) is 34.1 Å². The molecule has 0 radical (unpaired) electrons. The highest BCUT2D eigenvalue weighted by atomic mass is 79.9. The van der Waals surface area contributed by atoms with E-state index in [0.29, 0.717) is 5.75 Å². The highest BCUT2D eigenvalue weighted by Gasteiger charge is 2.02. The Hall–Kier alpha value is 0.130. The van der Waals surface area contributed by atoms with Crippen LogP contribution < -0.4 is 4.72 Å². The van der Waals surface area contributed by atoms with Crippen molar-refractivity contribution in [1.29, 1.82) is 0 Å². The summed E-state index contributed by atoms with van der Waals surface area (Å²) in [6.07, 6.45) is 0. The van der Waals surface area contributed by atoms with Crippen LogP contribution in [-0.2, 0) is 11.0 Å². The Kier molecular flexibility index (Phi) is 4.41. The van der Waals surface area contributed by atoms with Crippen LogP contribution in [0.1, 0.15) is 6.92 Å². The normalized spacial score (nSPS) is 12.5. The van der Waals surface area contributed by atoms with E-state index in [1.54, 1.807) is 0 Å². The molecule has 1 aromatic rings. The number of nitrogens with one attached hydrogen (secondary N) is 1. The zero-order valence-electron chi connectivity index (χ0n) is 7.01. The van der Waals surface area contributed by atoms with Crippen molar-refractivity contribution >= 4 is 48.5 Å². The summed E-state index contributed by atoms with van der Waals surface area (Å²) in [5.74, 6) is 0.596. The predicted octanol–water partition coefficient (Wildman–Crippen LogP) is 3.31. The third kappa shape index (κ3) is 3.40. The van der Waals surface area contributed by atoms with Crippen LogP contribution in [0.3, 0.4) is 0 Å². The summed E-state index contributed by atoms with van der Waals surface area (Å²) in [5, 5.41) is 0. The van der Waals surface area contributed by atoms with Gasteiger partial charge >= 0.3 is 0 Å². The van der Waals surface area contributed by atoms with Gasteiger partial charge in [0.1, 0.15) is 11.0 Å². The lowest BCUT2D eigenvalue weighted by atomic mass is 10.3. The molecule has 0 aliphatic heterocycles. The fourth-order valence-electron chi connectivity index (χ4n) is 0.771. The Bertz CT molecular complexity index is 330. The Morgan fingerprint density at radius 3 is 2.77 bits per heavy atom. The van der Waals surface area contributed by atoms with E-state index in [0.717, 1.165) is 14.6 Å². The molecule has 0 heterocycles. The molecule has 0 saturated heterocycles. The van der Waals surface area contributed by atoms with Gasteiger partial charge in [-0.2, -0.15) is 0 Å². The summed E-state index contributed by atoms with van der Waals surface area (Å²) in [4.78, 5) is 0. The second-order valence-electron chi connectivity index (χ2n) is 2.36. The van der Waals surface area contributed by atoms with Crippen molar-refractivity contribution < 1.29 is 4.21 Å². The molecular formula is C8H9Br2NOS. The van der Waals surface area contributed by atoms with Crippen LogP contribution in [0.5, 0.6) is 0 Å². The topological polar surface area (TPSA) is 29.1 Å². The Morgan fingerprint density at radius 2 is 2.15 bits per heavy atom. The quantitative estimate of drug-likeness (QED) is 0.907. The predicted molar refractivity (Wildman–Crippen MR) is 64.1 cm³/mol. The van der Waals surface area contributed by atoms with Crippen LogP contribution in [0.15, 0.2) is 27.1 Å². The molecule has 1 atom stereocenters. The third-order valence-corrected chi connectivity index (χ3v) is 3.57. The van der Waals surface area contributed by atoms with Gasteiger partial charge in [-0.15, -0.1) is 0 Å². The minimum atomic E-state index is -0.997. The molecule has 0 aliphatic carbocycles. The molecular weight excluding hydrogens is 318 g/mol. The summed E-state index contributed by atoms with van der Waals surface area (Å²) in [6, 6.07) is 5.71. The van der Waals surface area contributed by atoms with Crippen LogP contribution in [0.25, 0.3) is 0 Å². The summed E-state index contributed by atoms with van der Waals surface area (Å²) in [6.45, 7) is 1.87. The van der Waals surface area contributed by atoms with Crippen molar-refractivity contribution in [2.45, 2.75) is 6.92 Å². The summed E-state index contributed by atoms with van der Waals surface area (Å²) >= 11 is 6.72. The Labute approximate surface area is 97.0 Å². The number of hydrogen-bond donors (Lipinski definition) is 1. The third-order valence-electron chi connectivity index (χ3n) is 1.41. The molecule has 72 valence electrons. The minimum absolute atomic E-state index is 0.596. The Balaban J connectivity index is 2.87. The second kappa shape index (κ2) is 5.12. The van der Waals surface area contributed by atoms with E-state index in [-0.39, 0.29) is 0 Å². The highest BCUT2D eigenvalue weighted by molar-refractivity contribution is 9.11. The average molecular weight is 327 g/mol. The van der Waals surface area contributed by atoms with Crippen molar-refractivity contribution in [3.63, 3.8) is 0 Å². The van der Waals surface area contributed by atoms with E-state index in [4.69, 9.17) is 0 Å². The maximum absolute atomic E-state index is 11.2. The molecule has 1 N–H and O–H groups in total. The van der Waals surface area contributed by atoms with E-state index in [1.807, 2.05) is 25.1 Å². The SMILES string of the molecule is CCS(=O)Nc1cc(Br)ccc1Br. The molecule has 1 rings (SSSR count). The Morgan fingerprint density at radius 1 is 1.46 bits per heavy atom. The number of hydrogen-bond acceptors (Lipinski definition) is 1. The molecule has 0 amide bonds. The summed E-state index contributed by atoms with van der Waals surface area (Å²) in [7, 11) is -0.997. The van der Waals surface area contributed by atoms with Crippen molar-refractivity contribution in [1.82, 2.24) is 0 Å². The van der Waals surface area contributed by atoms with Crippen LogP contribution in [0, 0.1) is 0 Å². The van der Waals surface area contributed by atoms with Crippen LogP contribution in [-0.4, -0.2) is 9.96 Å². The lowest BCUT2D eigenvalue weighted by Gasteiger charge is -2.06. The first-order chi connectivity index (χ1) is 6.13. The first-order valence-corrected chi connectivity index (χ1v) is 6.64. The fourth-order valence-corrected chi connectivity index (χ4v) is 2.17. The smallest absolute Gasteiger partial charge is 0.116 e. The molecule has 5 heteroatoms. The highest BCUT2D eigenvalue weighted by Crippen LogP contribution is 2.26. The van der Waals surface area contributed by atoms with E-state index in [9.17, 15) is 4.21 Å². The molecule has 0 aliphatic rings. The molecule has 0 bridgehead atoms. The zero-order valence-corrected chi connectivity index (χ0v) is 11.0. The zero-order chi connectivity index (χ0) is 9.84. The van der Waals surface area contributed by atoms with Crippen LogP contribution in [0.4, 0.5) is 5.69 Å². The second-order valence-corrected chi connectivity index (χ2v) is 5.60. The van der Waals surface area contributed by atoms with Gasteiger partial charge in [0.05, 0.1) is 5.69 Å². The van der Waals surface area contributed by atoms with E-state index in [1.165, 1.54) is 0 Å². The van der Waals surface area contributed by atoms with E-state index < -0.39 is 11.0 Å². The van der Waals surface area contributed by atoms with Crippen LogP contribution >= 0.6 is 31.9 Å².